The summed E-state index contributed by atoms with van der Waals surface area (Å²) >= 11 is 2.21. The van der Waals surface area contributed by atoms with Gasteiger partial charge in [-0.05, 0) is 50.4 Å². The Balaban J connectivity index is 1.82. The van der Waals surface area contributed by atoms with Gasteiger partial charge in [0.2, 0.25) is 0 Å². The number of hydrogen-bond acceptors (Lipinski definition) is 2. The summed E-state index contributed by atoms with van der Waals surface area (Å²) in [5.74, 6) is 2.41. The third kappa shape index (κ3) is 1.91. The van der Waals surface area contributed by atoms with E-state index in [-0.39, 0.29) is 0 Å². The Morgan fingerprint density at radius 2 is 2.18 bits per heavy atom. The van der Waals surface area contributed by atoms with Crippen LogP contribution in [-0.2, 0) is 0 Å². The molecule has 2 aliphatic rings. The highest BCUT2D eigenvalue weighted by atomic mass is 32.2. The standard InChI is InChI=1S/C9H17NS/c1-3-8(7-10-5-1)9-4-2-6-11-9/h8-10H,1-7H2. The Bertz CT molecular complexity index is 115. The van der Waals surface area contributed by atoms with Crippen molar-refractivity contribution in [3.63, 3.8) is 0 Å². The van der Waals surface area contributed by atoms with Crippen molar-refractivity contribution >= 4 is 11.8 Å². The number of rotatable bonds is 1. The number of hydrogen-bond donors (Lipinski definition) is 1. The number of thioether (sulfide) groups is 1. The van der Waals surface area contributed by atoms with Crippen LogP contribution in [0.15, 0.2) is 0 Å². The average molecular weight is 171 g/mol. The zero-order chi connectivity index (χ0) is 7.52. The average Bonchev–Trinajstić information content (AvgIpc) is 2.58. The van der Waals surface area contributed by atoms with Crippen LogP contribution in [0.1, 0.15) is 25.7 Å². The van der Waals surface area contributed by atoms with Crippen molar-refractivity contribution in [1.29, 1.82) is 0 Å². The fraction of sp³-hybridized carbons (Fsp3) is 1.00. The molecule has 2 rings (SSSR count). The fourth-order valence-electron chi connectivity index (χ4n) is 2.17. The zero-order valence-electron chi connectivity index (χ0n) is 7.01. The second-order valence-electron chi connectivity index (χ2n) is 3.66. The van der Waals surface area contributed by atoms with Crippen LogP contribution in [0.3, 0.4) is 0 Å². The SMILES string of the molecule is C1CNCC(C2CCCS2)C1. The minimum atomic E-state index is 0.997. The number of nitrogens with one attached hydrogen (secondary N) is 1. The van der Waals surface area contributed by atoms with Crippen LogP contribution >= 0.6 is 11.8 Å². The highest BCUT2D eigenvalue weighted by Crippen LogP contribution is 2.34. The Labute approximate surface area is 73.3 Å². The van der Waals surface area contributed by atoms with E-state index in [9.17, 15) is 0 Å². The molecule has 2 fully saturated rings. The van der Waals surface area contributed by atoms with E-state index in [4.69, 9.17) is 0 Å². The topological polar surface area (TPSA) is 12.0 Å². The maximum atomic E-state index is 3.50. The summed E-state index contributed by atoms with van der Waals surface area (Å²) in [4.78, 5) is 0. The molecule has 2 saturated heterocycles. The van der Waals surface area contributed by atoms with Crippen molar-refractivity contribution in [2.24, 2.45) is 5.92 Å². The van der Waals surface area contributed by atoms with Gasteiger partial charge < -0.3 is 5.32 Å². The molecule has 2 atom stereocenters. The van der Waals surface area contributed by atoms with Gasteiger partial charge in [-0.2, -0.15) is 11.8 Å². The molecule has 0 aromatic carbocycles. The summed E-state index contributed by atoms with van der Waals surface area (Å²) < 4.78 is 0. The largest absolute Gasteiger partial charge is 0.316 e. The molecule has 0 bridgehead atoms. The Morgan fingerprint density at radius 3 is 2.82 bits per heavy atom. The van der Waals surface area contributed by atoms with Crippen molar-refractivity contribution in [3.05, 3.63) is 0 Å². The van der Waals surface area contributed by atoms with Crippen molar-refractivity contribution in [2.45, 2.75) is 30.9 Å². The molecule has 1 N–H and O–H groups in total. The van der Waals surface area contributed by atoms with E-state index < -0.39 is 0 Å². The molecule has 0 saturated carbocycles. The van der Waals surface area contributed by atoms with E-state index in [1.807, 2.05) is 0 Å². The van der Waals surface area contributed by atoms with E-state index in [1.54, 1.807) is 0 Å². The van der Waals surface area contributed by atoms with Crippen LogP contribution in [0, 0.1) is 5.92 Å². The second-order valence-corrected chi connectivity index (χ2v) is 5.00. The summed E-state index contributed by atoms with van der Waals surface area (Å²) in [7, 11) is 0. The normalized spacial score (nSPS) is 39.3. The van der Waals surface area contributed by atoms with Crippen LogP contribution in [0.4, 0.5) is 0 Å². The lowest BCUT2D eigenvalue weighted by Gasteiger charge is -2.27. The Hall–Kier alpha value is 0.310. The fourth-order valence-corrected chi connectivity index (χ4v) is 3.64. The van der Waals surface area contributed by atoms with Gasteiger partial charge in [0.1, 0.15) is 0 Å². The molecule has 0 aliphatic carbocycles. The Morgan fingerprint density at radius 1 is 1.18 bits per heavy atom. The smallest absolute Gasteiger partial charge is 0.00877 e. The highest BCUT2D eigenvalue weighted by Gasteiger charge is 2.26. The maximum Gasteiger partial charge on any atom is 0.00877 e. The van der Waals surface area contributed by atoms with Crippen molar-refractivity contribution < 1.29 is 0 Å². The van der Waals surface area contributed by atoms with E-state index in [1.165, 1.54) is 44.5 Å². The molecule has 2 heterocycles. The predicted molar refractivity (Wildman–Crippen MR) is 51.1 cm³/mol. The van der Waals surface area contributed by atoms with Gasteiger partial charge in [0.25, 0.3) is 0 Å². The van der Waals surface area contributed by atoms with Crippen LogP contribution in [0.25, 0.3) is 0 Å². The lowest BCUT2D eigenvalue weighted by molar-refractivity contribution is 0.363. The van der Waals surface area contributed by atoms with Crippen LogP contribution in [0.5, 0.6) is 0 Å². The van der Waals surface area contributed by atoms with Crippen LogP contribution in [0.2, 0.25) is 0 Å². The van der Waals surface area contributed by atoms with Gasteiger partial charge in [-0.25, -0.2) is 0 Å². The molecular formula is C9H17NS. The van der Waals surface area contributed by atoms with E-state index >= 15 is 0 Å². The van der Waals surface area contributed by atoms with Gasteiger partial charge in [-0.1, -0.05) is 0 Å². The summed E-state index contributed by atoms with van der Waals surface area (Å²) in [6.45, 7) is 2.55. The maximum absolute atomic E-state index is 3.50. The van der Waals surface area contributed by atoms with E-state index in [0.29, 0.717) is 0 Å². The quantitative estimate of drug-likeness (QED) is 0.646. The highest BCUT2D eigenvalue weighted by molar-refractivity contribution is 8.00. The molecular weight excluding hydrogens is 154 g/mol. The number of piperidine rings is 1. The molecule has 1 nitrogen and oxygen atoms in total. The van der Waals surface area contributed by atoms with Crippen LogP contribution in [-0.4, -0.2) is 24.1 Å². The molecule has 64 valence electrons. The molecule has 0 spiro atoms. The summed E-state index contributed by atoms with van der Waals surface area (Å²) in [5.41, 5.74) is 0. The van der Waals surface area contributed by atoms with Gasteiger partial charge in [0, 0.05) is 5.25 Å². The second kappa shape index (κ2) is 3.81. The summed E-state index contributed by atoms with van der Waals surface area (Å²) in [6.07, 6.45) is 5.83. The van der Waals surface area contributed by atoms with Gasteiger partial charge in [0.05, 0.1) is 0 Å². The van der Waals surface area contributed by atoms with Gasteiger partial charge in [-0.15, -0.1) is 0 Å². The summed E-state index contributed by atoms with van der Waals surface area (Å²) in [6, 6.07) is 0. The summed E-state index contributed by atoms with van der Waals surface area (Å²) in [5, 5.41) is 4.50. The predicted octanol–water partition coefficient (Wildman–Crippen LogP) is 1.88. The van der Waals surface area contributed by atoms with E-state index in [2.05, 4.69) is 17.1 Å². The molecule has 0 radical (unpaired) electrons. The van der Waals surface area contributed by atoms with Crippen LogP contribution < -0.4 is 5.32 Å². The Kier molecular flexibility index (Phi) is 2.75. The first-order valence-corrected chi connectivity index (χ1v) is 5.84. The first-order valence-electron chi connectivity index (χ1n) is 4.79. The third-order valence-electron chi connectivity index (χ3n) is 2.83. The molecule has 2 unspecified atom stereocenters. The van der Waals surface area contributed by atoms with Crippen molar-refractivity contribution in [1.82, 2.24) is 5.32 Å². The zero-order valence-corrected chi connectivity index (χ0v) is 7.83. The lowest BCUT2D eigenvalue weighted by atomic mass is 9.94. The van der Waals surface area contributed by atoms with Gasteiger partial charge >= 0.3 is 0 Å². The van der Waals surface area contributed by atoms with Crippen molar-refractivity contribution in [2.75, 3.05) is 18.8 Å². The minimum absolute atomic E-state index is 0.997. The lowest BCUT2D eigenvalue weighted by Crippen LogP contribution is -2.34. The molecule has 2 aliphatic heterocycles. The first kappa shape index (κ1) is 7.93. The molecule has 0 aromatic rings. The molecule has 0 amide bonds. The van der Waals surface area contributed by atoms with Crippen molar-refractivity contribution in [3.8, 4) is 0 Å². The third-order valence-corrected chi connectivity index (χ3v) is 4.40. The molecule has 0 aromatic heterocycles. The minimum Gasteiger partial charge on any atom is -0.316 e. The monoisotopic (exact) mass is 171 g/mol. The van der Waals surface area contributed by atoms with E-state index in [0.717, 1.165) is 11.2 Å². The molecule has 11 heavy (non-hydrogen) atoms. The van der Waals surface area contributed by atoms with Gasteiger partial charge in [0.15, 0.2) is 0 Å². The first-order chi connectivity index (χ1) is 5.47. The molecule has 2 heteroatoms. The van der Waals surface area contributed by atoms with Gasteiger partial charge in [-0.3, -0.25) is 0 Å².